The van der Waals surface area contributed by atoms with Crippen molar-refractivity contribution in [3.63, 3.8) is 0 Å². The number of ether oxygens (including phenoxy) is 1. The minimum absolute atomic E-state index is 0. The van der Waals surface area contributed by atoms with E-state index in [9.17, 15) is 9.59 Å². The van der Waals surface area contributed by atoms with Gasteiger partial charge in [-0.05, 0) is 56.9 Å². The number of H-pyrrole nitrogens is 2. The van der Waals surface area contributed by atoms with Crippen molar-refractivity contribution in [2.45, 2.75) is 70.9 Å². The Morgan fingerprint density at radius 1 is 0.848 bits per heavy atom. The van der Waals surface area contributed by atoms with Crippen molar-refractivity contribution in [1.82, 2.24) is 19.8 Å². The van der Waals surface area contributed by atoms with Gasteiger partial charge in [0.1, 0.15) is 5.15 Å². The highest BCUT2D eigenvalue weighted by Crippen LogP contribution is 2.33. The molecular weight excluding hydrogens is 440 g/mol. The number of nitrogens with zero attached hydrogens (tertiary/aromatic N) is 2. The van der Waals surface area contributed by atoms with Crippen LogP contribution in [0, 0.1) is 0 Å². The molecule has 8 heteroatoms. The molecule has 0 aromatic carbocycles. The third-order valence-electron chi connectivity index (χ3n) is 6.77. The van der Waals surface area contributed by atoms with E-state index < -0.39 is 0 Å². The highest BCUT2D eigenvalue weighted by molar-refractivity contribution is 6.31. The molecule has 0 radical (unpaired) electrons. The third-order valence-corrected chi connectivity index (χ3v) is 7.11. The summed E-state index contributed by atoms with van der Waals surface area (Å²) in [6.07, 6.45) is 14.7. The molecule has 2 N–H and O–H groups in total. The van der Waals surface area contributed by atoms with Gasteiger partial charge in [-0.15, -0.1) is 0 Å². The second-order valence-corrected chi connectivity index (χ2v) is 9.55. The van der Waals surface area contributed by atoms with Crippen molar-refractivity contribution in [1.29, 1.82) is 0 Å². The molecule has 180 valence electrons. The van der Waals surface area contributed by atoms with Gasteiger partial charge in [0.25, 0.3) is 11.8 Å². The molecule has 2 saturated carbocycles. The van der Waals surface area contributed by atoms with Crippen LogP contribution in [0.25, 0.3) is 0 Å². The third kappa shape index (κ3) is 5.30. The Morgan fingerprint density at radius 3 is 2.03 bits per heavy atom. The summed E-state index contributed by atoms with van der Waals surface area (Å²) in [5.41, 5.74) is 3.83. The van der Waals surface area contributed by atoms with Gasteiger partial charge in [-0.2, -0.15) is 0 Å². The number of carbonyl (C=O) groups is 2. The van der Waals surface area contributed by atoms with Crippen molar-refractivity contribution in [3.8, 4) is 0 Å². The van der Waals surface area contributed by atoms with Crippen molar-refractivity contribution < 1.29 is 14.3 Å². The number of halogens is 1. The number of carbonyl (C=O) groups excluding carboxylic acids is 2. The first kappa shape index (κ1) is 23.9. The van der Waals surface area contributed by atoms with Crippen LogP contribution in [-0.4, -0.2) is 70.0 Å². The smallest absolute Gasteiger partial charge is 0.255 e. The molecule has 0 unspecified atom stereocenters. The zero-order valence-electron chi connectivity index (χ0n) is 18.4. The number of amides is 2. The second kappa shape index (κ2) is 10.3. The van der Waals surface area contributed by atoms with Crippen molar-refractivity contribution in [2.24, 2.45) is 0 Å². The van der Waals surface area contributed by atoms with Crippen LogP contribution in [0.2, 0.25) is 5.15 Å². The Labute approximate surface area is 200 Å². The fraction of sp³-hybridized carbons (Fsp3) is 0.600. The van der Waals surface area contributed by atoms with Gasteiger partial charge in [0.05, 0.1) is 11.1 Å². The topological polar surface area (TPSA) is 81.4 Å². The molecule has 0 spiro atoms. The van der Waals surface area contributed by atoms with E-state index in [4.69, 9.17) is 16.3 Å². The average Bonchev–Trinajstić information content (AvgIpc) is 3.65. The summed E-state index contributed by atoms with van der Waals surface area (Å²) in [4.78, 5) is 33.7. The Morgan fingerprint density at radius 2 is 1.45 bits per heavy atom. The maximum absolute atomic E-state index is 12.0. The number of rotatable bonds is 2. The summed E-state index contributed by atoms with van der Waals surface area (Å²) in [7, 11) is 0. The van der Waals surface area contributed by atoms with Gasteiger partial charge in [-0.3, -0.25) is 9.59 Å². The number of aromatic amines is 2. The van der Waals surface area contributed by atoms with Gasteiger partial charge in [0.15, 0.2) is 0 Å². The Bertz CT molecular complexity index is 965. The van der Waals surface area contributed by atoms with Crippen molar-refractivity contribution in [3.05, 3.63) is 46.0 Å². The quantitative estimate of drug-likeness (QED) is 0.675. The molecule has 0 bridgehead atoms. The van der Waals surface area contributed by atoms with Gasteiger partial charge >= 0.3 is 0 Å². The Hall–Kier alpha value is -2.25. The number of aromatic nitrogens is 2. The Kier molecular flexibility index (Phi) is 7.49. The van der Waals surface area contributed by atoms with Crippen LogP contribution in [0.5, 0.6) is 0 Å². The van der Waals surface area contributed by atoms with E-state index >= 15 is 0 Å². The highest BCUT2D eigenvalue weighted by Gasteiger charge is 2.37. The van der Waals surface area contributed by atoms with E-state index in [2.05, 4.69) is 9.97 Å². The van der Waals surface area contributed by atoms with E-state index in [0.717, 1.165) is 55.8 Å². The molecule has 5 heterocycles. The summed E-state index contributed by atoms with van der Waals surface area (Å²) in [6.45, 7) is 3.74. The predicted molar refractivity (Wildman–Crippen MR) is 129 cm³/mol. The molecule has 3 aliphatic heterocycles. The van der Waals surface area contributed by atoms with Gasteiger partial charge in [0, 0.05) is 62.5 Å². The fourth-order valence-corrected chi connectivity index (χ4v) is 4.88. The van der Waals surface area contributed by atoms with Crippen LogP contribution >= 0.6 is 11.6 Å². The largest absolute Gasteiger partial charge is 0.381 e. The molecular formula is C25H35ClN4O3. The van der Waals surface area contributed by atoms with Crippen LogP contribution in [0.1, 0.15) is 77.8 Å². The van der Waals surface area contributed by atoms with Gasteiger partial charge in [-0.1, -0.05) is 19.0 Å². The lowest BCUT2D eigenvalue weighted by molar-refractivity contribution is 0.0719. The van der Waals surface area contributed by atoms with Crippen molar-refractivity contribution >= 4 is 23.4 Å². The first-order valence-corrected chi connectivity index (χ1v) is 12.2. The fourth-order valence-electron chi connectivity index (χ4n) is 4.63. The van der Waals surface area contributed by atoms with Crippen molar-refractivity contribution in [2.75, 3.05) is 26.3 Å². The lowest BCUT2D eigenvalue weighted by Crippen LogP contribution is -2.38. The number of nitrogens with one attached hydrogen (secondary N) is 2. The van der Waals surface area contributed by atoms with Gasteiger partial charge < -0.3 is 24.5 Å². The molecule has 2 aromatic rings. The van der Waals surface area contributed by atoms with Crippen LogP contribution in [-0.2, 0) is 17.6 Å². The summed E-state index contributed by atoms with van der Waals surface area (Å²) < 4.78 is 4.94. The first-order valence-electron chi connectivity index (χ1n) is 11.8. The van der Waals surface area contributed by atoms with Gasteiger partial charge in [0.2, 0.25) is 0 Å². The molecule has 5 aliphatic rings. The SMILES string of the molecule is C.C1CCOC1.O=C1c2c[nH]c(Cl)c2CCN1C1CC1.O=C1c2c[nH]cc2CCN1C1CC1. The maximum atomic E-state index is 12.0. The minimum Gasteiger partial charge on any atom is -0.381 e. The maximum Gasteiger partial charge on any atom is 0.255 e. The number of hydrogen-bond donors (Lipinski definition) is 2. The van der Waals surface area contributed by atoms with E-state index in [-0.39, 0.29) is 19.2 Å². The van der Waals surface area contributed by atoms with E-state index in [1.165, 1.54) is 44.1 Å². The minimum atomic E-state index is 0. The molecule has 2 amide bonds. The zero-order valence-corrected chi connectivity index (χ0v) is 19.1. The van der Waals surface area contributed by atoms with E-state index in [0.29, 0.717) is 17.2 Å². The molecule has 1 saturated heterocycles. The molecule has 0 atom stereocenters. The predicted octanol–water partition coefficient (Wildman–Crippen LogP) is 4.44. The molecule has 3 fully saturated rings. The summed E-state index contributed by atoms with van der Waals surface area (Å²) >= 11 is 5.94. The molecule has 7 rings (SSSR count). The summed E-state index contributed by atoms with van der Waals surface area (Å²) in [5.74, 6) is 0.377. The number of hydrogen-bond acceptors (Lipinski definition) is 3. The standard InChI is InChI=1S/C10H11ClN2O.C10H12N2O.C4H8O.CH4/c11-9-7-3-4-13(6-1-2-6)10(14)8(7)5-12-9;13-10-9-6-11-5-7(9)3-4-12(10)8-1-2-8;1-2-4-5-3-1;/h5-6,12H,1-4H2;5-6,8,11H,1-4H2;1-4H2;1H4. The van der Waals surface area contributed by atoms with Gasteiger partial charge in [-0.25, -0.2) is 0 Å². The highest BCUT2D eigenvalue weighted by atomic mass is 35.5. The van der Waals surface area contributed by atoms with E-state index in [1.807, 2.05) is 22.2 Å². The van der Waals surface area contributed by atoms with Crippen LogP contribution < -0.4 is 0 Å². The Balaban J connectivity index is 0.000000127. The van der Waals surface area contributed by atoms with E-state index in [1.54, 1.807) is 6.20 Å². The van der Waals surface area contributed by atoms with Crippen LogP contribution in [0.15, 0.2) is 18.6 Å². The lowest BCUT2D eigenvalue weighted by atomic mass is 10.0. The average molecular weight is 475 g/mol. The normalized spacial score (nSPS) is 21.2. The van der Waals surface area contributed by atoms with Crippen LogP contribution in [0.3, 0.4) is 0 Å². The molecule has 33 heavy (non-hydrogen) atoms. The lowest BCUT2D eigenvalue weighted by Gasteiger charge is -2.26. The second-order valence-electron chi connectivity index (χ2n) is 9.17. The molecule has 7 nitrogen and oxygen atoms in total. The molecule has 2 aromatic heterocycles. The summed E-state index contributed by atoms with van der Waals surface area (Å²) in [5, 5.41) is 0.629. The number of fused-ring (bicyclic) bond motifs is 2. The molecule has 2 aliphatic carbocycles. The first-order chi connectivity index (χ1) is 15.6. The zero-order chi connectivity index (χ0) is 22.1. The monoisotopic (exact) mass is 474 g/mol. The summed E-state index contributed by atoms with van der Waals surface area (Å²) in [6, 6.07) is 1.06. The van der Waals surface area contributed by atoms with Crippen LogP contribution in [0.4, 0.5) is 0 Å².